The zero-order chi connectivity index (χ0) is 21.7. The number of anilines is 2. The summed E-state index contributed by atoms with van der Waals surface area (Å²) in [5, 5.41) is 4.61. The van der Waals surface area contributed by atoms with Crippen LogP contribution in [0.2, 0.25) is 0 Å². The summed E-state index contributed by atoms with van der Waals surface area (Å²) in [6.45, 7) is 3.30. The summed E-state index contributed by atoms with van der Waals surface area (Å²) in [6, 6.07) is 19.7. The standard InChI is InChI=1S/C25H20BrN5O/c26-16-8-9-20-19(15-16)22-17-5-1-2-6-18(17)24(29-32)23(22)25(28-20)31-13-11-30(12-14-31)21-7-3-4-10-27-21/h1-10,15,24H,11-14H2. The lowest BCUT2D eigenvalue weighted by molar-refractivity contribution is 0.638. The lowest BCUT2D eigenvalue weighted by Gasteiger charge is -2.37. The number of nitroso groups, excluding NO2 is 1. The van der Waals surface area contributed by atoms with Crippen molar-refractivity contribution in [1.82, 2.24) is 9.97 Å². The number of rotatable bonds is 3. The minimum Gasteiger partial charge on any atom is -0.353 e. The van der Waals surface area contributed by atoms with Gasteiger partial charge in [-0.3, -0.25) is 0 Å². The van der Waals surface area contributed by atoms with E-state index in [1.807, 2.05) is 54.7 Å². The molecule has 0 radical (unpaired) electrons. The highest BCUT2D eigenvalue weighted by Gasteiger charge is 2.36. The summed E-state index contributed by atoms with van der Waals surface area (Å²) in [7, 11) is 0. The van der Waals surface area contributed by atoms with Crippen LogP contribution in [0.1, 0.15) is 17.2 Å². The molecule has 2 aromatic heterocycles. The Morgan fingerprint density at radius 3 is 2.50 bits per heavy atom. The fraction of sp³-hybridized carbons (Fsp3) is 0.200. The molecular formula is C25H20BrN5O. The third-order valence-electron chi connectivity index (χ3n) is 6.42. The van der Waals surface area contributed by atoms with Crippen LogP contribution in [0.3, 0.4) is 0 Å². The molecule has 0 N–H and O–H groups in total. The maximum Gasteiger partial charge on any atom is 0.147 e. The molecule has 32 heavy (non-hydrogen) atoms. The summed E-state index contributed by atoms with van der Waals surface area (Å²) in [5.41, 5.74) is 4.97. The number of fused-ring (bicyclic) bond motifs is 5. The molecule has 1 unspecified atom stereocenters. The van der Waals surface area contributed by atoms with Gasteiger partial charge in [-0.1, -0.05) is 51.4 Å². The van der Waals surface area contributed by atoms with Gasteiger partial charge in [-0.25, -0.2) is 9.97 Å². The summed E-state index contributed by atoms with van der Waals surface area (Å²) >= 11 is 3.60. The third-order valence-corrected chi connectivity index (χ3v) is 6.91. The van der Waals surface area contributed by atoms with Gasteiger partial charge in [0.25, 0.3) is 0 Å². The van der Waals surface area contributed by atoms with E-state index in [1.165, 1.54) is 0 Å². The van der Waals surface area contributed by atoms with Crippen molar-refractivity contribution in [2.75, 3.05) is 36.0 Å². The Morgan fingerprint density at radius 2 is 1.72 bits per heavy atom. The quantitative estimate of drug-likeness (QED) is 0.355. The molecule has 3 heterocycles. The second kappa shape index (κ2) is 7.67. The van der Waals surface area contributed by atoms with Crippen molar-refractivity contribution in [3.05, 3.63) is 87.4 Å². The largest absolute Gasteiger partial charge is 0.353 e. The summed E-state index contributed by atoms with van der Waals surface area (Å²) in [4.78, 5) is 26.2. The molecule has 0 spiro atoms. The number of benzene rings is 2. The van der Waals surface area contributed by atoms with Gasteiger partial charge in [-0.15, -0.1) is 4.91 Å². The van der Waals surface area contributed by atoms with Crippen LogP contribution in [-0.4, -0.2) is 36.1 Å². The molecule has 0 bridgehead atoms. The molecular weight excluding hydrogens is 466 g/mol. The van der Waals surface area contributed by atoms with Crippen LogP contribution < -0.4 is 9.80 Å². The van der Waals surface area contributed by atoms with E-state index in [9.17, 15) is 4.91 Å². The first-order valence-corrected chi connectivity index (χ1v) is 11.5. The Kier molecular flexibility index (Phi) is 4.64. The van der Waals surface area contributed by atoms with Gasteiger partial charge in [0.1, 0.15) is 17.7 Å². The van der Waals surface area contributed by atoms with Crippen molar-refractivity contribution in [2.24, 2.45) is 5.18 Å². The number of pyridine rings is 2. The number of hydrogen-bond donors (Lipinski definition) is 0. The fourth-order valence-corrected chi connectivity index (χ4v) is 5.30. The van der Waals surface area contributed by atoms with Gasteiger partial charge in [0.05, 0.1) is 5.52 Å². The maximum atomic E-state index is 12.1. The first-order valence-electron chi connectivity index (χ1n) is 10.7. The highest BCUT2D eigenvalue weighted by atomic mass is 79.9. The summed E-state index contributed by atoms with van der Waals surface area (Å²) in [5.74, 6) is 1.87. The van der Waals surface area contributed by atoms with Crippen molar-refractivity contribution in [1.29, 1.82) is 0 Å². The number of halogens is 1. The minimum atomic E-state index is -0.541. The predicted octanol–water partition coefficient (Wildman–Crippen LogP) is 5.56. The highest BCUT2D eigenvalue weighted by molar-refractivity contribution is 9.10. The van der Waals surface area contributed by atoms with E-state index in [4.69, 9.17) is 4.98 Å². The van der Waals surface area contributed by atoms with Gasteiger partial charge in [0.15, 0.2) is 0 Å². The van der Waals surface area contributed by atoms with E-state index in [0.29, 0.717) is 0 Å². The zero-order valence-electron chi connectivity index (χ0n) is 17.3. The van der Waals surface area contributed by atoms with Crippen LogP contribution >= 0.6 is 15.9 Å². The monoisotopic (exact) mass is 485 g/mol. The normalized spacial score (nSPS) is 17.3. The average Bonchev–Trinajstić information content (AvgIpc) is 3.19. The van der Waals surface area contributed by atoms with E-state index < -0.39 is 6.04 Å². The van der Waals surface area contributed by atoms with Crippen molar-refractivity contribution < 1.29 is 0 Å². The van der Waals surface area contributed by atoms with Crippen molar-refractivity contribution in [2.45, 2.75) is 6.04 Å². The Labute approximate surface area is 194 Å². The molecule has 1 atom stereocenters. The lowest BCUT2D eigenvalue weighted by atomic mass is 10.00. The summed E-state index contributed by atoms with van der Waals surface area (Å²) < 4.78 is 0.991. The summed E-state index contributed by atoms with van der Waals surface area (Å²) in [6.07, 6.45) is 1.83. The topological polar surface area (TPSA) is 61.7 Å². The van der Waals surface area contributed by atoms with Crippen LogP contribution in [0.4, 0.5) is 11.6 Å². The molecule has 2 aromatic carbocycles. The molecule has 1 aliphatic heterocycles. The van der Waals surface area contributed by atoms with E-state index in [-0.39, 0.29) is 0 Å². The van der Waals surface area contributed by atoms with E-state index in [2.05, 4.69) is 48.0 Å². The molecule has 158 valence electrons. The maximum absolute atomic E-state index is 12.1. The SMILES string of the molecule is O=NC1c2ccccc2-c2c1c(N1CCN(c3ccccn3)CC1)nc1ccc(Br)cc21. The van der Waals surface area contributed by atoms with Crippen molar-refractivity contribution >= 4 is 38.5 Å². The second-order valence-corrected chi connectivity index (χ2v) is 9.06. The Balaban J connectivity index is 1.47. The zero-order valence-corrected chi connectivity index (χ0v) is 18.9. The Hall–Kier alpha value is -3.32. The smallest absolute Gasteiger partial charge is 0.147 e. The van der Waals surface area contributed by atoms with E-state index in [0.717, 1.165) is 75.4 Å². The van der Waals surface area contributed by atoms with E-state index >= 15 is 0 Å². The number of hydrogen-bond acceptors (Lipinski definition) is 6. The molecule has 6 nitrogen and oxygen atoms in total. The fourth-order valence-electron chi connectivity index (χ4n) is 4.94. The molecule has 2 aliphatic rings. The molecule has 0 amide bonds. The average molecular weight is 486 g/mol. The van der Waals surface area contributed by atoms with Gasteiger partial charge in [0.2, 0.25) is 0 Å². The van der Waals surface area contributed by atoms with Crippen LogP contribution in [0.25, 0.3) is 22.0 Å². The van der Waals surface area contributed by atoms with Crippen molar-refractivity contribution in [3.63, 3.8) is 0 Å². The van der Waals surface area contributed by atoms with E-state index in [1.54, 1.807) is 0 Å². The van der Waals surface area contributed by atoms with Gasteiger partial charge >= 0.3 is 0 Å². The highest BCUT2D eigenvalue weighted by Crippen LogP contribution is 2.51. The molecule has 1 fully saturated rings. The molecule has 4 aromatic rings. The first-order chi connectivity index (χ1) is 15.7. The third kappa shape index (κ3) is 2.99. The van der Waals surface area contributed by atoms with Crippen LogP contribution in [0.5, 0.6) is 0 Å². The molecule has 7 heteroatoms. The van der Waals surface area contributed by atoms with Crippen LogP contribution in [0, 0.1) is 4.91 Å². The minimum absolute atomic E-state index is 0.541. The Morgan fingerprint density at radius 1 is 0.938 bits per heavy atom. The van der Waals surface area contributed by atoms with Crippen LogP contribution in [-0.2, 0) is 0 Å². The number of nitrogens with zero attached hydrogens (tertiary/aromatic N) is 5. The van der Waals surface area contributed by atoms with Gasteiger partial charge in [0, 0.05) is 53.4 Å². The second-order valence-electron chi connectivity index (χ2n) is 8.14. The number of aromatic nitrogens is 2. The Bertz CT molecular complexity index is 1340. The first kappa shape index (κ1) is 19.4. The molecule has 0 saturated carbocycles. The molecule has 1 aliphatic carbocycles. The van der Waals surface area contributed by atoms with Crippen molar-refractivity contribution in [3.8, 4) is 11.1 Å². The lowest BCUT2D eigenvalue weighted by Crippen LogP contribution is -2.47. The predicted molar refractivity (Wildman–Crippen MR) is 131 cm³/mol. The number of piperazine rings is 1. The van der Waals surface area contributed by atoms with Gasteiger partial charge in [-0.05, 0) is 41.5 Å². The molecule has 6 rings (SSSR count). The molecule has 1 saturated heterocycles. The van der Waals surface area contributed by atoms with Gasteiger partial charge < -0.3 is 9.80 Å². The van der Waals surface area contributed by atoms with Gasteiger partial charge in [-0.2, -0.15) is 0 Å². The van der Waals surface area contributed by atoms with Crippen LogP contribution in [0.15, 0.2) is 76.5 Å².